The molecule has 0 saturated heterocycles. The zero-order chi connectivity index (χ0) is 20.4. The van der Waals surface area contributed by atoms with Crippen molar-refractivity contribution in [1.29, 1.82) is 0 Å². The Labute approximate surface area is 169 Å². The van der Waals surface area contributed by atoms with Gasteiger partial charge in [0.1, 0.15) is 11.9 Å². The molecule has 0 aliphatic heterocycles. The van der Waals surface area contributed by atoms with Crippen LogP contribution in [0, 0.1) is 0 Å². The standard InChI is InChI=1S/C21H22N4O3S/c1-25-13-12-22-20(25)19(15-6-3-2-4-7-15)23-21(26)16-8-5-9-18(14-16)29(27,28)24-17-10-11-17/h2-9,12-14,17,19,24H,10-11H2,1H3,(H,23,26). The molecule has 0 bridgehead atoms. The number of sulfonamides is 1. The van der Waals surface area contributed by atoms with Gasteiger partial charge in [0, 0.05) is 31.0 Å². The molecule has 150 valence electrons. The molecule has 1 saturated carbocycles. The maximum absolute atomic E-state index is 13.0. The SMILES string of the molecule is Cn1ccnc1C(NC(=O)c1cccc(S(=O)(=O)NC2CC2)c1)c1ccccc1. The normalized spacial score (nSPS) is 15.1. The van der Waals surface area contributed by atoms with E-state index in [4.69, 9.17) is 0 Å². The Morgan fingerprint density at radius 2 is 1.90 bits per heavy atom. The quantitative estimate of drug-likeness (QED) is 0.625. The van der Waals surface area contributed by atoms with E-state index in [0.717, 1.165) is 18.4 Å². The van der Waals surface area contributed by atoms with Crippen LogP contribution in [0.15, 0.2) is 71.9 Å². The largest absolute Gasteiger partial charge is 0.338 e. The van der Waals surface area contributed by atoms with Gasteiger partial charge in [-0.3, -0.25) is 4.79 Å². The van der Waals surface area contributed by atoms with Gasteiger partial charge >= 0.3 is 0 Å². The molecule has 1 aliphatic rings. The molecule has 2 aromatic carbocycles. The van der Waals surface area contributed by atoms with Crippen molar-refractivity contribution >= 4 is 15.9 Å². The molecule has 0 radical (unpaired) electrons. The fourth-order valence-corrected chi connectivity index (χ4v) is 4.46. The van der Waals surface area contributed by atoms with Crippen molar-refractivity contribution in [2.24, 2.45) is 7.05 Å². The molecule has 2 N–H and O–H groups in total. The number of rotatable bonds is 7. The van der Waals surface area contributed by atoms with Crippen LogP contribution in [0.4, 0.5) is 0 Å². The van der Waals surface area contributed by atoms with Crippen LogP contribution in [0.5, 0.6) is 0 Å². The summed E-state index contributed by atoms with van der Waals surface area (Å²) in [5.41, 5.74) is 1.16. The zero-order valence-electron chi connectivity index (χ0n) is 15.9. The Balaban J connectivity index is 1.61. The van der Waals surface area contributed by atoms with Crippen LogP contribution in [0.2, 0.25) is 0 Å². The van der Waals surface area contributed by atoms with Crippen molar-refractivity contribution in [3.05, 3.63) is 83.9 Å². The Kier molecular flexibility index (Phi) is 5.21. The van der Waals surface area contributed by atoms with E-state index in [1.165, 1.54) is 12.1 Å². The van der Waals surface area contributed by atoms with Crippen LogP contribution >= 0.6 is 0 Å². The number of hydrogen-bond acceptors (Lipinski definition) is 4. The van der Waals surface area contributed by atoms with Crippen LogP contribution in [-0.4, -0.2) is 29.9 Å². The molecule has 29 heavy (non-hydrogen) atoms. The van der Waals surface area contributed by atoms with Crippen molar-refractivity contribution in [2.75, 3.05) is 0 Å². The maximum Gasteiger partial charge on any atom is 0.252 e. The predicted octanol–water partition coefficient (Wildman–Crippen LogP) is 2.38. The van der Waals surface area contributed by atoms with Crippen molar-refractivity contribution in [1.82, 2.24) is 19.6 Å². The molecular formula is C21H22N4O3S. The number of nitrogens with zero attached hydrogens (tertiary/aromatic N) is 2. The Morgan fingerprint density at radius 3 is 2.55 bits per heavy atom. The third kappa shape index (κ3) is 4.38. The van der Waals surface area contributed by atoms with E-state index in [1.54, 1.807) is 18.3 Å². The molecule has 1 aromatic heterocycles. The minimum Gasteiger partial charge on any atom is -0.338 e. The van der Waals surface area contributed by atoms with E-state index in [-0.39, 0.29) is 22.4 Å². The van der Waals surface area contributed by atoms with Gasteiger partial charge < -0.3 is 9.88 Å². The number of aromatic nitrogens is 2. The van der Waals surface area contributed by atoms with E-state index in [1.807, 2.05) is 48.1 Å². The number of benzene rings is 2. The minimum absolute atomic E-state index is 0.00311. The lowest BCUT2D eigenvalue weighted by Gasteiger charge is -2.19. The topological polar surface area (TPSA) is 93.1 Å². The van der Waals surface area contributed by atoms with Gasteiger partial charge in [0.15, 0.2) is 0 Å². The number of carbonyl (C=O) groups is 1. The first-order chi connectivity index (χ1) is 13.9. The fraction of sp³-hybridized carbons (Fsp3) is 0.238. The molecule has 4 rings (SSSR count). The molecule has 1 unspecified atom stereocenters. The van der Waals surface area contributed by atoms with Gasteiger partial charge in [-0.25, -0.2) is 18.1 Å². The molecule has 1 amide bonds. The molecule has 1 heterocycles. The lowest BCUT2D eigenvalue weighted by molar-refractivity contribution is 0.0941. The van der Waals surface area contributed by atoms with Gasteiger partial charge in [-0.15, -0.1) is 0 Å². The Bertz CT molecular complexity index is 1120. The summed E-state index contributed by atoms with van der Waals surface area (Å²) in [6.07, 6.45) is 5.19. The van der Waals surface area contributed by atoms with Crippen LogP contribution in [-0.2, 0) is 17.1 Å². The van der Waals surface area contributed by atoms with E-state index in [2.05, 4.69) is 15.0 Å². The van der Waals surface area contributed by atoms with Crippen LogP contribution < -0.4 is 10.0 Å². The highest BCUT2D eigenvalue weighted by Gasteiger charge is 2.28. The summed E-state index contributed by atoms with van der Waals surface area (Å²) in [6.45, 7) is 0. The maximum atomic E-state index is 13.0. The molecule has 3 aromatic rings. The first-order valence-electron chi connectivity index (χ1n) is 9.39. The van der Waals surface area contributed by atoms with Crippen molar-refractivity contribution in [2.45, 2.75) is 29.8 Å². The third-order valence-corrected chi connectivity index (χ3v) is 6.35. The minimum atomic E-state index is -3.63. The highest BCUT2D eigenvalue weighted by Crippen LogP contribution is 2.24. The van der Waals surface area contributed by atoms with E-state index in [0.29, 0.717) is 5.82 Å². The monoisotopic (exact) mass is 410 g/mol. The number of imidazole rings is 1. The Morgan fingerprint density at radius 1 is 1.14 bits per heavy atom. The molecule has 8 heteroatoms. The van der Waals surface area contributed by atoms with Gasteiger partial charge in [0.25, 0.3) is 5.91 Å². The van der Waals surface area contributed by atoms with Crippen molar-refractivity contribution in [3.63, 3.8) is 0 Å². The van der Waals surface area contributed by atoms with Crippen LogP contribution in [0.1, 0.15) is 40.6 Å². The smallest absolute Gasteiger partial charge is 0.252 e. The van der Waals surface area contributed by atoms with Gasteiger partial charge in [-0.2, -0.15) is 0 Å². The van der Waals surface area contributed by atoms with E-state index < -0.39 is 16.1 Å². The molecule has 1 aliphatic carbocycles. The number of hydrogen-bond donors (Lipinski definition) is 2. The average Bonchev–Trinajstić information content (AvgIpc) is 3.43. The summed E-state index contributed by atoms with van der Waals surface area (Å²) in [5, 5.41) is 2.99. The summed E-state index contributed by atoms with van der Waals surface area (Å²) >= 11 is 0. The second-order valence-electron chi connectivity index (χ2n) is 7.14. The summed E-state index contributed by atoms with van der Waals surface area (Å²) in [6, 6.07) is 15.2. The second-order valence-corrected chi connectivity index (χ2v) is 8.85. The number of aryl methyl sites for hydroxylation is 1. The first-order valence-corrected chi connectivity index (χ1v) is 10.9. The Hall–Kier alpha value is -2.97. The number of amides is 1. The summed E-state index contributed by atoms with van der Waals surface area (Å²) in [4.78, 5) is 17.5. The van der Waals surface area contributed by atoms with Crippen LogP contribution in [0.3, 0.4) is 0 Å². The number of carbonyl (C=O) groups excluding carboxylic acids is 1. The molecular weight excluding hydrogens is 388 g/mol. The van der Waals surface area contributed by atoms with Gasteiger partial charge in [0.05, 0.1) is 4.90 Å². The third-order valence-electron chi connectivity index (χ3n) is 4.83. The molecule has 7 nitrogen and oxygen atoms in total. The van der Waals surface area contributed by atoms with Crippen molar-refractivity contribution in [3.8, 4) is 0 Å². The summed E-state index contributed by atoms with van der Waals surface area (Å²) in [7, 11) is -1.77. The second kappa shape index (κ2) is 7.81. The van der Waals surface area contributed by atoms with Crippen molar-refractivity contribution < 1.29 is 13.2 Å². The molecule has 1 atom stereocenters. The fourth-order valence-electron chi connectivity index (χ4n) is 3.11. The predicted molar refractivity (Wildman–Crippen MR) is 109 cm³/mol. The van der Waals surface area contributed by atoms with E-state index >= 15 is 0 Å². The first kappa shape index (κ1) is 19.4. The van der Waals surface area contributed by atoms with Crippen LogP contribution in [0.25, 0.3) is 0 Å². The lowest BCUT2D eigenvalue weighted by Crippen LogP contribution is -2.31. The lowest BCUT2D eigenvalue weighted by atomic mass is 10.1. The highest BCUT2D eigenvalue weighted by molar-refractivity contribution is 7.89. The highest BCUT2D eigenvalue weighted by atomic mass is 32.2. The number of nitrogens with one attached hydrogen (secondary N) is 2. The average molecular weight is 410 g/mol. The van der Waals surface area contributed by atoms with Gasteiger partial charge in [-0.05, 0) is 36.6 Å². The zero-order valence-corrected chi connectivity index (χ0v) is 16.8. The van der Waals surface area contributed by atoms with E-state index in [9.17, 15) is 13.2 Å². The molecule has 0 spiro atoms. The summed E-state index contributed by atoms with van der Waals surface area (Å²) < 4.78 is 29.4. The molecule has 1 fully saturated rings. The summed E-state index contributed by atoms with van der Waals surface area (Å²) in [5.74, 6) is 0.314. The van der Waals surface area contributed by atoms with Gasteiger partial charge in [-0.1, -0.05) is 36.4 Å². The van der Waals surface area contributed by atoms with Gasteiger partial charge in [0.2, 0.25) is 10.0 Å².